The van der Waals surface area contributed by atoms with Gasteiger partial charge >= 0.3 is 0 Å². The quantitative estimate of drug-likeness (QED) is 0.856. The minimum Gasteiger partial charge on any atom is -0.445 e. The fourth-order valence-corrected chi connectivity index (χ4v) is 2.18. The highest BCUT2D eigenvalue weighted by Gasteiger charge is 2.27. The second kappa shape index (κ2) is 5.88. The third-order valence-electron chi connectivity index (χ3n) is 3.17. The first-order valence-electron chi connectivity index (χ1n) is 6.64. The van der Waals surface area contributed by atoms with Crippen LogP contribution in [0.1, 0.15) is 41.0 Å². The number of hydrogen-bond donors (Lipinski definition) is 2. The second-order valence-electron chi connectivity index (χ2n) is 4.65. The number of carbonyl (C=O) groups excluding carboxylic acids is 1. The summed E-state index contributed by atoms with van der Waals surface area (Å²) in [4.78, 5) is 24.2. The number of nitrogens with two attached hydrogens (primary N) is 1. The van der Waals surface area contributed by atoms with Crippen molar-refractivity contribution < 1.29 is 13.9 Å². The molecule has 3 rings (SSSR count). The number of aromatic nitrogens is 3. The Morgan fingerprint density at radius 2 is 2.38 bits per heavy atom. The summed E-state index contributed by atoms with van der Waals surface area (Å²) in [5.74, 6) is 0.917. The maximum atomic E-state index is 12.2. The van der Waals surface area contributed by atoms with Gasteiger partial charge in [0, 0.05) is 12.8 Å². The summed E-state index contributed by atoms with van der Waals surface area (Å²) in [6.45, 7) is 0.839. The third-order valence-corrected chi connectivity index (χ3v) is 3.17. The van der Waals surface area contributed by atoms with E-state index in [1.807, 2.05) is 0 Å². The van der Waals surface area contributed by atoms with Crippen molar-refractivity contribution in [2.24, 2.45) is 0 Å². The van der Waals surface area contributed by atoms with Crippen LogP contribution < -0.4 is 11.1 Å². The van der Waals surface area contributed by atoms with E-state index in [1.165, 1.54) is 12.6 Å². The molecule has 1 atom stereocenters. The Labute approximate surface area is 120 Å². The number of amides is 1. The van der Waals surface area contributed by atoms with E-state index in [0.717, 1.165) is 12.8 Å². The zero-order valence-corrected chi connectivity index (χ0v) is 11.3. The molecule has 0 saturated carbocycles. The Hall–Kier alpha value is -2.48. The SMILES string of the molecule is Nc1ccnc(CNC(=O)c2ncoc2C2CCCO2)n1. The molecule has 2 aromatic heterocycles. The number of ether oxygens (including phenoxy) is 1. The highest BCUT2D eigenvalue weighted by molar-refractivity contribution is 5.93. The molecule has 1 amide bonds. The fourth-order valence-electron chi connectivity index (χ4n) is 2.18. The smallest absolute Gasteiger partial charge is 0.274 e. The molecule has 8 heteroatoms. The lowest BCUT2D eigenvalue weighted by Gasteiger charge is -2.08. The van der Waals surface area contributed by atoms with E-state index < -0.39 is 0 Å². The molecule has 1 aliphatic rings. The molecular formula is C13H15N5O3. The molecule has 2 aromatic rings. The lowest BCUT2D eigenvalue weighted by atomic mass is 10.1. The monoisotopic (exact) mass is 289 g/mol. The predicted octanol–water partition coefficient (Wildman–Crippen LogP) is 0.828. The number of oxazole rings is 1. The molecular weight excluding hydrogens is 274 g/mol. The van der Waals surface area contributed by atoms with Crippen LogP contribution in [0.4, 0.5) is 5.82 Å². The standard InChI is InChI=1S/C13H15N5O3/c14-9-3-4-15-10(18-9)6-16-13(19)11-12(21-7-17-11)8-2-1-5-20-8/h3-4,7-8H,1-2,5-6H2,(H,16,19)(H2,14,15,18). The molecule has 3 N–H and O–H groups in total. The van der Waals surface area contributed by atoms with Crippen molar-refractivity contribution in [3.05, 3.63) is 35.9 Å². The van der Waals surface area contributed by atoms with Crippen molar-refractivity contribution in [2.45, 2.75) is 25.5 Å². The van der Waals surface area contributed by atoms with E-state index in [0.29, 0.717) is 24.0 Å². The largest absolute Gasteiger partial charge is 0.445 e. The second-order valence-corrected chi connectivity index (χ2v) is 4.65. The van der Waals surface area contributed by atoms with Crippen molar-refractivity contribution in [1.82, 2.24) is 20.3 Å². The molecule has 1 saturated heterocycles. The number of nitrogens with one attached hydrogen (secondary N) is 1. The van der Waals surface area contributed by atoms with Gasteiger partial charge in [0.05, 0.1) is 6.54 Å². The van der Waals surface area contributed by atoms with Crippen LogP contribution in [0.5, 0.6) is 0 Å². The van der Waals surface area contributed by atoms with Crippen LogP contribution in [0.3, 0.4) is 0 Å². The highest BCUT2D eigenvalue weighted by atomic mass is 16.5. The van der Waals surface area contributed by atoms with Crippen LogP contribution in [-0.4, -0.2) is 27.5 Å². The molecule has 0 radical (unpaired) electrons. The first-order chi connectivity index (χ1) is 10.2. The van der Waals surface area contributed by atoms with E-state index in [4.69, 9.17) is 14.9 Å². The normalized spacial score (nSPS) is 17.8. The van der Waals surface area contributed by atoms with Crippen LogP contribution in [0.2, 0.25) is 0 Å². The van der Waals surface area contributed by atoms with Gasteiger partial charge in [0.1, 0.15) is 17.7 Å². The number of nitrogens with zero attached hydrogens (tertiary/aromatic N) is 3. The predicted molar refractivity (Wildman–Crippen MR) is 72.0 cm³/mol. The minimum absolute atomic E-state index is 0.168. The van der Waals surface area contributed by atoms with Gasteiger partial charge in [-0.3, -0.25) is 4.79 Å². The Morgan fingerprint density at radius 1 is 1.48 bits per heavy atom. The topological polar surface area (TPSA) is 116 Å². The van der Waals surface area contributed by atoms with Gasteiger partial charge in [-0.25, -0.2) is 15.0 Å². The van der Waals surface area contributed by atoms with Crippen LogP contribution in [0, 0.1) is 0 Å². The van der Waals surface area contributed by atoms with Crippen molar-refractivity contribution in [3.8, 4) is 0 Å². The maximum absolute atomic E-state index is 12.2. The van der Waals surface area contributed by atoms with Gasteiger partial charge in [0.25, 0.3) is 5.91 Å². The van der Waals surface area contributed by atoms with Crippen LogP contribution >= 0.6 is 0 Å². The van der Waals surface area contributed by atoms with Gasteiger partial charge < -0.3 is 20.2 Å². The molecule has 0 bridgehead atoms. The third kappa shape index (κ3) is 3.00. The van der Waals surface area contributed by atoms with E-state index in [-0.39, 0.29) is 24.2 Å². The molecule has 110 valence electrons. The first-order valence-corrected chi connectivity index (χ1v) is 6.64. The molecule has 3 heterocycles. The summed E-state index contributed by atoms with van der Waals surface area (Å²) in [5.41, 5.74) is 5.80. The van der Waals surface area contributed by atoms with Gasteiger partial charge in [-0.15, -0.1) is 0 Å². The van der Waals surface area contributed by atoms with Gasteiger partial charge in [0.15, 0.2) is 17.8 Å². The zero-order valence-electron chi connectivity index (χ0n) is 11.3. The maximum Gasteiger partial charge on any atom is 0.274 e. The number of carbonyl (C=O) groups is 1. The zero-order chi connectivity index (χ0) is 14.7. The first kappa shape index (κ1) is 13.5. The van der Waals surface area contributed by atoms with Gasteiger partial charge in [0.2, 0.25) is 0 Å². The molecule has 21 heavy (non-hydrogen) atoms. The lowest BCUT2D eigenvalue weighted by Crippen LogP contribution is -2.25. The molecule has 1 unspecified atom stereocenters. The number of anilines is 1. The molecule has 8 nitrogen and oxygen atoms in total. The molecule has 0 spiro atoms. The summed E-state index contributed by atoms with van der Waals surface area (Å²) in [6.07, 6.45) is 4.37. The summed E-state index contributed by atoms with van der Waals surface area (Å²) in [5, 5.41) is 2.69. The molecule has 1 fully saturated rings. The van der Waals surface area contributed by atoms with E-state index in [1.54, 1.807) is 6.07 Å². The van der Waals surface area contributed by atoms with Crippen LogP contribution in [-0.2, 0) is 11.3 Å². The van der Waals surface area contributed by atoms with E-state index >= 15 is 0 Å². The van der Waals surface area contributed by atoms with Crippen LogP contribution in [0.25, 0.3) is 0 Å². The molecule has 0 aliphatic carbocycles. The van der Waals surface area contributed by atoms with Crippen molar-refractivity contribution >= 4 is 11.7 Å². The van der Waals surface area contributed by atoms with Gasteiger partial charge in [-0.2, -0.15) is 0 Å². The van der Waals surface area contributed by atoms with Gasteiger partial charge in [-0.1, -0.05) is 0 Å². The fraction of sp³-hybridized carbons (Fsp3) is 0.385. The Balaban J connectivity index is 1.67. The highest BCUT2D eigenvalue weighted by Crippen LogP contribution is 2.30. The summed E-state index contributed by atoms with van der Waals surface area (Å²) < 4.78 is 10.8. The Morgan fingerprint density at radius 3 is 3.14 bits per heavy atom. The van der Waals surface area contributed by atoms with Crippen molar-refractivity contribution in [2.75, 3.05) is 12.3 Å². The van der Waals surface area contributed by atoms with E-state index in [9.17, 15) is 4.79 Å². The number of hydrogen-bond acceptors (Lipinski definition) is 7. The summed E-state index contributed by atoms with van der Waals surface area (Å²) in [6, 6.07) is 1.58. The van der Waals surface area contributed by atoms with Crippen molar-refractivity contribution in [1.29, 1.82) is 0 Å². The number of rotatable bonds is 4. The molecule has 0 aromatic carbocycles. The van der Waals surface area contributed by atoms with Crippen LogP contribution in [0.15, 0.2) is 23.1 Å². The Bertz CT molecular complexity index is 636. The summed E-state index contributed by atoms with van der Waals surface area (Å²) in [7, 11) is 0. The summed E-state index contributed by atoms with van der Waals surface area (Å²) >= 11 is 0. The Kier molecular flexibility index (Phi) is 3.78. The average molecular weight is 289 g/mol. The van der Waals surface area contributed by atoms with E-state index in [2.05, 4.69) is 20.3 Å². The van der Waals surface area contributed by atoms with Crippen molar-refractivity contribution in [3.63, 3.8) is 0 Å². The minimum atomic E-state index is -0.347. The number of nitrogen functional groups attached to an aromatic ring is 1. The average Bonchev–Trinajstić information content (AvgIpc) is 3.14. The van der Waals surface area contributed by atoms with Gasteiger partial charge in [-0.05, 0) is 18.9 Å². The molecule has 1 aliphatic heterocycles. The lowest BCUT2D eigenvalue weighted by molar-refractivity contribution is 0.0859.